The molecule has 1 fully saturated rings. The van der Waals surface area contributed by atoms with Crippen molar-refractivity contribution in [1.29, 1.82) is 0 Å². The number of hydrogen-bond donors (Lipinski definition) is 2. The van der Waals surface area contributed by atoms with E-state index in [2.05, 4.69) is 0 Å². The van der Waals surface area contributed by atoms with Gasteiger partial charge in [0.1, 0.15) is 0 Å². The van der Waals surface area contributed by atoms with Crippen molar-refractivity contribution >= 4 is 5.78 Å². The molecule has 1 aliphatic rings. The first-order chi connectivity index (χ1) is 7.63. The third-order valence-corrected chi connectivity index (χ3v) is 3.01. The Morgan fingerprint density at radius 2 is 1.94 bits per heavy atom. The van der Waals surface area contributed by atoms with Crippen LogP contribution in [-0.4, -0.2) is 23.0 Å². The molecule has 1 aliphatic carbocycles. The summed E-state index contributed by atoms with van der Waals surface area (Å²) in [7, 11) is 0. The van der Waals surface area contributed by atoms with Crippen LogP contribution in [-0.2, 0) is 6.42 Å². The second kappa shape index (κ2) is 4.36. The summed E-state index contributed by atoms with van der Waals surface area (Å²) in [5.41, 5.74) is 6.66. The zero-order valence-corrected chi connectivity index (χ0v) is 9.28. The van der Waals surface area contributed by atoms with Crippen LogP contribution in [0.1, 0.15) is 35.2 Å². The van der Waals surface area contributed by atoms with Gasteiger partial charge in [-0.3, -0.25) is 4.79 Å². The lowest BCUT2D eigenvalue weighted by Gasteiger charge is -2.07. The Hall–Kier alpha value is -1.19. The molecule has 0 spiro atoms. The second-order valence-electron chi connectivity index (χ2n) is 4.56. The summed E-state index contributed by atoms with van der Waals surface area (Å²) in [5, 5.41) is 9.76. The van der Waals surface area contributed by atoms with E-state index in [0.717, 1.165) is 18.4 Å². The zero-order chi connectivity index (χ0) is 11.6. The molecule has 0 radical (unpaired) electrons. The van der Waals surface area contributed by atoms with Gasteiger partial charge in [0.2, 0.25) is 0 Å². The SMILES string of the molecule is NCCC(=O)c1ccc(CC2(O)CC2)cc1. The second-order valence-corrected chi connectivity index (χ2v) is 4.56. The number of carbonyl (C=O) groups excluding carboxylic acids is 1. The molecule has 1 aromatic rings. The number of benzene rings is 1. The molecule has 0 atom stereocenters. The predicted octanol–water partition coefficient (Wildman–Crippen LogP) is 1.29. The predicted molar refractivity (Wildman–Crippen MR) is 62.3 cm³/mol. The van der Waals surface area contributed by atoms with E-state index in [-0.39, 0.29) is 5.78 Å². The van der Waals surface area contributed by atoms with Gasteiger partial charge in [-0.15, -0.1) is 0 Å². The summed E-state index contributed by atoms with van der Waals surface area (Å²) in [6.45, 7) is 0.389. The molecule has 86 valence electrons. The molecule has 1 saturated carbocycles. The van der Waals surface area contributed by atoms with E-state index < -0.39 is 5.60 Å². The highest BCUT2D eigenvalue weighted by atomic mass is 16.3. The molecule has 0 saturated heterocycles. The van der Waals surface area contributed by atoms with Crippen molar-refractivity contribution in [2.75, 3.05) is 6.54 Å². The van der Waals surface area contributed by atoms with Crippen molar-refractivity contribution in [2.45, 2.75) is 31.3 Å². The maximum Gasteiger partial charge on any atom is 0.164 e. The van der Waals surface area contributed by atoms with E-state index in [4.69, 9.17) is 5.73 Å². The first-order valence-corrected chi connectivity index (χ1v) is 5.68. The molecule has 3 heteroatoms. The molecular weight excluding hydrogens is 202 g/mol. The maximum atomic E-state index is 11.5. The van der Waals surface area contributed by atoms with Gasteiger partial charge >= 0.3 is 0 Å². The van der Waals surface area contributed by atoms with Crippen molar-refractivity contribution in [3.63, 3.8) is 0 Å². The summed E-state index contributed by atoms with van der Waals surface area (Å²) in [6, 6.07) is 7.47. The van der Waals surface area contributed by atoms with Gasteiger partial charge in [-0.25, -0.2) is 0 Å². The Morgan fingerprint density at radius 3 is 2.44 bits per heavy atom. The minimum Gasteiger partial charge on any atom is -0.390 e. The van der Waals surface area contributed by atoms with Crippen molar-refractivity contribution < 1.29 is 9.90 Å². The molecule has 16 heavy (non-hydrogen) atoms. The molecule has 0 amide bonds. The average molecular weight is 219 g/mol. The standard InChI is InChI=1S/C13H17NO2/c14-8-5-12(15)11-3-1-10(2-4-11)9-13(16)6-7-13/h1-4,16H,5-9,14H2. The fourth-order valence-corrected chi connectivity index (χ4v) is 1.78. The number of nitrogens with two attached hydrogens (primary N) is 1. The van der Waals surface area contributed by atoms with E-state index in [9.17, 15) is 9.90 Å². The van der Waals surface area contributed by atoms with Crippen molar-refractivity contribution in [3.05, 3.63) is 35.4 Å². The van der Waals surface area contributed by atoms with Gasteiger partial charge in [0, 0.05) is 18.4 Å². The Morgan fingerprint density at radius 1 is 1.31 bits per heavy atom. The fourth-order valence-electron chi connectivity index (χ4n) is 1.78. The molecular formula is C13H17NO2. The Balaban J connectivity index is 2.01. The van der Waals surface area contributed by atoms with Gasteiger partial charge < -0.3 is 10.8 Å². The number of ketones is 1. The summed E-state index contributed by atoms with van der Waals surface area (Å²) in [4.78, 5) is 11.5. The lowest BCUT2D eigenvalue weighted by atomic mass is 10.0. The van der Waals surface area contributed by atoms with Gasteiger partial charge in [-0.2, -0.15) is 0 Å². The third kappa shape index (κ3) is 2.68. The van der Waals surface area contributed by atoms with Crippen molar-refractivity contribution in [2.24, 2.45) is 5.73 Å². The molecule has 3 N–H and O–H groups in total. The summed E-state index contributed by atoms with van der Waals surface area (Å²) in [6.07, 6.45) is 2.86. The van der Waals surface area contributed by atoms with Crippen molar-refractivity contribution in [1.82, 2.24) is 0 Å². The molecule has 0 aromatic heterocycles. The number of rotatable bonds is 5. The van der Waals surface area contributed by atoms with Crippen LogP contribution in [0.2, 0.25) is 0 Å². The molecule has 0 bridgehead atoms. The minimum atomic E-state index is -0.469. The maximum absolute atomic E-state index is 11.5. The number of hydrogen-bond acceptors (Lipinski definition) is 3. The topological polar surface area (TPSA) is 63.3 Å². The molecule has 2 rings (SSSR count). The first kappa shape index (κ1) is 11.3. The van der Waals surface area contributed by atoms with Crippen LogP contribution in [0.3, 0.4) is 0 Å². The number of aliphatic hydroxyl groups is 1. The van der Waals surface area contributed by atoms with E-state index in [1.165, 1.54) is 0 Å². The molecule has 0 aliphatic heterocycles. The summed E-state index contributed by atoms with van der Waals surface area (Å²) >= 11 is 0. The number of Topliss-reactive ketones (excluding diaryl/α,β-unsaturated/α-hetero) is 1. The van der Waals surface area contributed by atoms with Gasteiger partial charge in [-0.05, 0) is 24.9 Å². The third-order valence-electron chi connectivity index (χ3n) is 3.01. The van der Waals surface area contributed by atoms with Crippen LogP contribution in [0.5, 0.6) is 0 Å². The highest BCUT2D eigenvalue weighted by molar-refractivity contribution is 5.96. The van der Waals surface area contributed by atoms with E-state index >= 15 is 0 Å². The van der Waals surface area contributed by atoms with Crippen LogP contribution < -0.4 is 5.73 Å². The van der Waals surface area contributed by atoms with Gasteiger partial charge in [0.25, 0.3) is 0 Å². The van der Waals surface area contributed by atoms with E-state index in [1.54, 1.807) is 0 Å². The van der Waals surface area contributed by atoms with Crippen LogP contribution in [0.25, 0.3) is 0 Å². The summed E-state index contributed by atoms with van der Waals surface area (Å²) < 4.78 is 0. The van der Waals surface area contributed by atoms with Gasteiger partial charge in [-0.1, -0.05) is 24.3 Å². The average Bonchev–Trinajstić information content (AvgIpc) is 2.97. The quantitative estimate of drug-likeness (QED) is 0.733. The Bertz CT molecular complexity index is 379. The van der Waals surface area contributed by atoms with E-state index in [1.807, 2.05) is 24.3 Å². The van der Waals surface area contributed by atoms with Crippen LogP contribution >= 0.6 is 0 Å². The first-order valence-electron chi connectivity index (χ1n) is 5.68. The Labute approximate surface area is 95.3 Å². The largest absolute Gasteiger partial charge is 0.390 e. The van der Waals surface area contributed by atoms with Crippen LogP contribution in [0.4, 0.5) is 0 Å². The normalized spacial score (nSPS) is 17.1. The highest BCUT2D eigenvalue weighted by Crippen LogP contribution is 2.38. The van der Waals surface area contributed by atoms with Gasteiger partial charge in [0.15, 0.2) is 5.78 Å². The molecule has 3 nitrogen and oxygen atoms in total. The zero-order valence-electron chi connectivity index (χ0n) is 9.28. The van der Waals surface area contributed by atoms with Crippen molar-refractivity contribution in [3.8, 4) is 0 Å². The molecule has 1 aromatic carbocycles. The molecule has 0 unspecified atom stereocenters. The highest BCUT2D eigenvalue weighted by Gasteiger charge is 2.39. The van der Waals surface area contributed by atoms with Crippen LogP contribution in [0, 0.1) is 0 Å². The number of carbonyl (C=O) groups is 1. The Kier molecular flexibility index (Phi) is 3.08. The molecule has 0 heterocycles. The monoisotopic (exact) mass is 219 g/mol. The van der Waals surface area contributed by atoms with Crippen LogP contribution in [0.15, 0.2) is 24.3 Å². The minimum absolute atomic E-state index is 0.0826. The fraction of sp³-hybridized carbons (Fsp3) is 0.462. The smallest absolute Gasteiger partial charge is 0.164 e. The lowest BCUT2D eigenvalue weighted by Crippen LogP contribution is -2.11. The van der Waals surface area contributed by atoms with E-state index in [0.29, 0.717) is 24.9 Å². The summed E-state index contributed by atoms with van der Waals surface area (Å²) in [5.74, 6) is 0.0826. The lowest BCUT2D eigenvalue weighted by molar-refractivity contribution is 0.0985. The van der Waals surface area contributed by atoms with Gasteiger partial charge in [0.05, 0.1) is 5.60 Å².